The maximum atomic E-state index is 10.1. The fourth-order valence-corrected chi connectivity index (χ4v) is 1.05. The Kier molecular flexibility index (Phi) is 3.38. The first-order valence-corrected chi connectivity index (χ1v) is 4.65. The first-order chi connectivity index (χ1) is 5.33. The second-order valence-corrected chi connectivity index (χ2v) is 3.60. The molecule has 0 radical (unpaired) electrons. The van der Waals surface area contributed by atoms with Crippen LogP contribution >= 0.6 is 27.3 Å². The molecule has 1 aromatic rings. The summed E-state index contributed by atoms with van der Waals surface area (Å²) in [4.78, 5) is 17.6. The summed E-state index contributed by atoms with van der Waals surface area (Å²) in [7, 11) is 0. The van der Waals surface area contributed by atoms with E-state index in [1.54, 1.807) is 6.20 Å². The molecule has 0 aliphatic rings. The molecule has 0 spiro atoms. The van der Waals surface area contributed by atoms with E-state index in [-0.39, 0.29) is 4.83 Å². The zero-order chi connectivity index (χ0) is 8.10. The van der Waals surface area contributed by atoms with Crippen LogP contribution in [-0.2, 0) is 4.79 Å². The minimum Gasteiger partial charge on any atom is -0.302 e. The number of aldehydes is 1. The van der Waals surface area contributed by atoms with Crippen molar-refractivity contribution in [2.24, 2.45) is 4.99 Å². The van der Waals surface area contributed by atoms with Gasteiger partial charge < -0.3 is 4.79 Å². The van der Waals surface area contributed by atoms with Crippen LogP contribution in [-0.4, -0.2) is 22.3 Å². The van der Waals surface area contributed by atoms with Gasteiger partial charge in [-0.25, -0.2) is 9.98 Å². The molecule has 0 N–H and O–H groups in total. The topological polar surface area (TPSA) is 42.3 Å². The van der Waals surface area contributed by atoms with E-state index in [0.29, 0.717) is 5.13 Å². The van der Waals surface area contributed by atoms with E-state index in [1.165, 1.54) is 17.6 Å². The minimum absolute atomic E-state index is 0.314. The van der Waals surface area contributed by atoms with Gasteiger partial charge in [-0.3, -0.25) is 0 Å². The van der Waals surface area contributed by atoms with Gasteiger partial charge in [0.1, 0.15) is 11.1 Å². The number of hydrogen-bond donors (Lipinski definition) is 0. The van der Waals surface area contributed by atoms with Crippen LogP contribution in [0.15, 0.2) is 16.6 Å². The maximum Gasteiger partial charge on any atom is 0.208 e. The van der Waals surface area contributed by atoms with Crippen LogP contribution in [0.25, 0.3) is 0 Å². The van der Waals surface area contributed by atoms with E-state index >= 15 is 0 Å². The number of carbonyl (C=O) groups is 1. The van der Waals surface area contributed by atoms with Crippen LogP contribution < -0.4 is 0 Å². The number of alkyl halides is 1. The van der Waals surface area contributed by atoms with Gasteiger partial charge in [0.2, 0.25) is 5.13 Å². The molecule has 1 aromatic heterocycles. The fraction of sp³-hybridized carbons (Fsp3) is 0.167. The van der Waals surface area contributed by atoms with E-state index in [9.17, 15) is 4.79 Å². The first-order valence-electron chi connectivity index (χ1n) is 2.86. The molecule has 0 aliphatic heterocycles. The first kappa shape index (κ1) is 8.55. The zero-order valence-corrected chi connectivity index (χ0v) is 7.88. The van der Waals surface area contributed by atoms with Crippen LogP contribution in [0.1, 0.15) is 0 Å². The van der Waals surface area contributed by atoms with Crippen LogP contribution in [0.2, 0.25) is 0 Å². The molecule has 1 atom stereocenters. The Morgan fingerprint density at radius 2 is 2.64 bits per heavy atom. The van der Waals surface area contributed by atoms with E-state index in [0.717, 1.165) is 6.29 Å². The molecule has 0 amide bonds. The van der Waals surface area contributed by atoms with Crippen LogP contribution in [0.3, 0.4) is 0 Å². The van der Waals surface area contributed by atoms with Gasteiger partial charge in [-0.15, -0.1) is 11.3 Å². The normalized spacial score (nSPS) is 13.5. The van der Waals surface area contributed by atoms with Gasteiger partial charge in [0.05, 0.1) is 0 Å². The third kappa shape index (κ3) is 2.90. The van der Waals surface area contributed by atoms with Crippen molar-refractivity contribution in [2.45, 2.75) is 4.83 Å². The summed E-state index contributed by atoms with van der Waals surface area (Å²) in [5.74, 6) is 0. The molecule has 3 nitrogen and oxygen atoms in total. The number of carbonyl (C=O) groups excluding carboxylic acids is 1. The Labute approximate surface area is 76.3 Å². The van der Waals surface area contributed by atoms with Crippen molar-refractivity contribution >= 4 is 44.9 Å². The lowest BCUT2D eigenvalue weighted by atomic mass is 10.5. The summed E-state index contributed by atoms with van der Waals surface area (Å²) in [6, 6.07) is 0. The SMILES string of the molecule is O=CC(Br)C=Nc1nccs1. The molecule has 1 heterocycles. The number of rotatable bonds is 3. The molecule has 0 fully saturated rings. The lowest BCUT2D eigenvalue weighted by molar-refractivity contribution is -0.106. The van der Waals surface area contributed by atoms with Crippen LogP contribution in [0.4, 0.5) is 5.13 Å². The molecule has 0 aromatic carbocycles. The highest BCUT2D eigenvalue weighted by Gasteiger charge is 1.95. The molecule has 58 valence electrons. The molecule has 1 rings (SSSR count). The molecule has 0 bridgehead atoms. The highest BCUT2D eigenvalue weighted by Crippen LogP contribution is 2.13. The monoisotopic (exact) mass is 232 g/mol. The van der Waals surface area contributed by atoms with E-state index in [1.807, 2.05) is 5.38 Å². The third-order valence-electron chi connectivity index (χ3n) is 0.877. The predicted molar refractivity (Wildman–Crippen MR) is 49.0 cm³/mol. The Hall–Kier alpha value is -0.550. The van der Waals surface area contributed by atoms with Crippen molar-refractivity contribution in [3.63, 3.8) is 0 Å². The lowest BCUT2D eigenvalue weighted by Crippen LogP contribution is -1.98. The molecular weight excluding hydrogens is 228 g/mol. The largest absolute Gasteiger partial charge is 0.302 e. The van der Waals surface area contributed by atoms with E-state index < -0.39 is 0 Å². The smallest absolute Gasteiger partial charge is 0.208 e. The van der Waals surface area contributed by atoms with Gasteiger partial charge in [0.25, 0.3) is 0 Å². The van der Waals surface area contributed by atoms with Gasteiger partial charge in [0, 0.05) is 17.8 Å². The summed E-state index contributed by atoms with van der Waals surface area (Å²) in [5, 5.41) is 2.49. The Bertz CT molecular complexity index is 247. The molecule has 5 heteroatoms. The second kappa shape index (κ2) is 4.35. The van der Waals surface area contributed by atoms with Crippen molar-refractivity contribution in [1.29, 1.82) is 0 Å². The summed E-state index contributed by atoms with van der Waals surface area (Å²) < 4.78 is 0. The number of aromatic nitrogens is 1. The summed E-state index contributed by atoms with van der Waals surface area (Å²) >= 11 is 4.51. The quantitative estimate of drug-likeness (QED) is 0.454. The fourth-order valence-electron chi connectivity index (χ4n) is 0.450. The Balaban J connectivity index is 2.55. The molecule has 0 saturated carbocycles. The molecule has 0 aliphatic carbocycles. The average molecular weight is 233 g/mol. The lowest BCUT2D eigenvalue weighted by Gasteiger charge is -1.86. The summed E-state index contributed by atoms with van der Waals surface area (Å²) in [6.45, 7) is 0. The van der Waals surface area contributed by atoms with Gasteiger partial charge >= 0.3 is 0 Å². The summed E-state index contributed by atoms with van der Waals surface area (Å²) in [6.07, 6.45) is 3.93. The van der Waals surface area contributed by atoms with Crippen molar-refractivity contribution < 1.29 is 4.79 Å². The molecule has 1 unspecified atom stereocenters. The average Bonchev–Trinajstić information content (AvgIpc) is 2.52. The van der Waals surface area contributed by atoms with Gasteiger partial charge in [-0.05, 0) is 0 Å². The predicted octanol–water partition coefficient (Wildman–Crippen LogP) is 1.81. The molecule has 0 saturated heterocycles. The number of halogens is 1. The minimum atomic E-state index is -0.314. The number of aliphatic imine (C=N–C) groups is 1. The number of nitrogens with zero attached hydrogens (tertiary/aromatic N) is 2. The second-order valence-electron chi connectivity index (χ2n) is 1.67. The summed E-state index contributed by atoms with van der Waals surface area (Å²) in [5.41, 5.74) is 0. The van der Waals surface area contributed by atoms with E-state index in [4.69, 9.17) is 0 Å². The van der Waals surface area contributed by atoms with Crippen molar-refractivity contribution in [1.82, 2.24) is 4.98 Å². The molecular formula is C6H5BrN2OS. The number of thiazole rings is 1. The standard InChI is InChI=1S/C6H5BrN2OS/c7-5(4-10)3-9-6-8-1-2-11-6/h1-5H. The van der Waals surface area contributed by atoms with Crippen molar-refractivity contribution in [3.8, 4) is 0 Å². The highest BCUT2D eigenvalue weighted by atomic mass is 79.9. The van der Waals surface area contributed by atoms with Gasteiger partial charge in [-0.1, -0.05) is 15.9 Å². The Morgan fingerprint density at radius 3 is 3.18 bits per heavy atom. The zero-order valence-electron chi connectivity index (χ0n) is 5.48. The van der Waals surface area contributed by atoms with Crippen molar-refractivity contribution in [2.75, 3.05) is 0 Å². The van der Waals surface area contributed by atoms with Crippen LogP contribution in [0, 0.1) is 0 Å². The van der Waals surface area contributed by atoms with E-state index in [2.05, 4.69) is 25.9 Å². The highest BCUT2D eigenvalue weighted by molar-refractivity contribution is 9.10. The van der Waals surface area contributed by atoms with Crippen LogP contribution in [0.5, 0.6) is 0 Å². The van der Waals surface area contributed by atoms with Crippen molar-refractivity contribution in [3.05, 3.63) is 11.6 Å². The molecule has 11 heavy (non-hydrogen) atoms. The number of hydrogen-bond acceptors (Lipinski definition) is 4. The maximum absolute atomic E-state index is 10.1. The van der Waals surface area contributed by atoms with Gasteiger partial charge in [-0.2, -0.15) is 0 Å². The third-order valence-corrected chi connectivity index (χ3v) is 2.01. The van der Waals surface area contributed by atoms with Gasteiger partial charge in [0.15, 0.2) is 0 Å². The Morgan fingerprint density at radius 1 is 1.82 bits per heavy atom.